The molecular formula is C18H15F2N3O. The second kappa shape index (κ2) is 6.62. The van der Waals surface area contributed by atoms with Crippen LogP contribution < -0.4 is 5.32 Å². The maximum Gasteiger partial charge on any atom is 0.255 e. The summed E-state index contributed by atoms with van der Waals surface area (Å²) < 4.78 is 28.8. The van der Waals surface area contributed by atoms with Crippen molar-refractivity contribution in [1.82, 2.24) is 14.9 Å². The van der Waals surface area contributed by atoms with Crippen LogP contribution in [0.25, 0.3) is 0 Å². The zero-order valence-electron chi connectivity index (χ0n) is 12.9. The minimum atomic E-state index is -0.627. The molecule has 3 rings (SSSR count). The molecule has 1 unspecified atom stereocenters. The molecule has 0 fully saturated rings. The Balaban J connectivity index is 1.97. The number of aromatic nitrogens is 2. The predicted octanol–water partition coefficient (Wildman–Crippen LogP) is 3.22. The first kappa shape index (κ1) is 15.9. The summed E-state index contributed by atoms with van der Waals surface area (Å²) in [7, 11) is 1.79. The number of imidazole rings is 1. The maximum atomic E-state index is 13.8. The molecule has 1 heterocycles. The molecule has 0 saturated heterocycles. The van der Waals surface area contributed by atoms with Gasteiger partial charge in [-0.1, -0.05) is 24.3 Å². The van der Waals surface area contributed by atoms with Crippen LogP contribution >= 0.6 is 0 Å². The highest BCUT2D eigenvalue weighted by molar-refractivity contribution is 5.94. The van der Waals surface area contributed by atoms with Crippen molar-refractivity contribution in [3.8, 4) is 0 Å². The van der Waals surface area contributed by atoms with Crippen LogP contribution in [-0.4, -0.2) is 15.5 Å². The second-order valence-electron chi connectivity index (χ2n) is 5.33. The normalized spacial score (nSPS) is 12.0. The van der Waals surface area contributed by atoms with Gasteiger partial charge in [-0.2, -0.15) is 0 Å². The zero-order chi connectivity index (χ0) is 17.1. The van der Waals surface area contributed by atoms with Crippen LogP contribution in [0.15, 0.2) is 60.9 Å². The minimum Gasteiger partial charge on any atom is -0.338 e. The number of carbonyl (C=O) groups excluding carboxylic acids is 1. The lowest BCUT2D eigenvalue weighted by molar-refractivity contribution is 0.0937. The van der Waals surface area contributed by atoms with Gasteiger partial charge in [0.05, 0.1) is 5.56 Å². The number of rotatable bonds is 4. The van der Waals surface area contributed by atoms with E-state index in [2.05, 4.69) is 10.3 Å². The Morgan fingerprint density at radius 2 is 1.83 bits per heavy atom. The minimum absolute atomic E-state index is 0.0566. The Labute approximate surface area is 137 Å². The van der Waals surface area contributed by atoms with Crippen molar-refractivity contribution in [2.75, 3.05) is 0 Å². The molecule has 1 amide bonds. The number of hydrogen-bond acceptors (Lipinski definition) is 2. The monoisotopic (exact) mass is 327 g/mol. The third-order valence-corrected chi connectivity index (χ3v) is 3.71. The van der Waals surface area contributed by atoms with Crippen LogP contribution in [0.5, 0.6) is 0 Å². The van der Waals surface area contributed by atoms with Gasteiger partial charge in [-0.25, -0.2) is 13.8 Å². The van der Waals surface area contributed by atoms with Crippen molar-refractivity contribution in [2.45, 2.75) is 6.04 Å². The van der Waals surface area contributed by atoms with Crippen molar-refractivity contribution in [3.05, 3.63) is 89.5 Å². The fourth-order valence-corrected chi connectivity index (χ4v) is 2.46. The number of halogens is 2. The SMILES string of the molecule is Cn1ccnc1C(NC(=O)c1ccccc1F)c1ccc(F)cc1. The fourth-order valence-electron chi connectivity index (χ4n) is 2.46. The van der Waals surface area contributed by atoms with Gasteiger partial charge in [0.1, 0.15) is 23.5 Å². The van der Waals surface area contributed by atoms with E-state index in [-0.39, 0.29) is 11.4 Å². The number of nitrogens with zero attached hydrogens (tertiary/aromatic N) is 2. The lowest BCUT2D eigenvalue weighted by Crippen LogP contribution is -2.31. The summed E-state index contributed by atoms with van der Waals surface area (Å²) >= 11 is 0. The van der Waals surface area contributed by atoms with Crippen LogP contribution in [0.2, 0.25) is 0 Å². The van der Waals surface area contributed by atoms with Gasteiger partial charge in [0.15, 0.2) is 0 Å². The number of aryl methyl sites for hydroxylation is 1. The summed E-state index contributed by atoms with van der Waals surface area (Å²) in [5.74, 6) is -0.984. The summed E-state index contributed by atoms with van der Waals surface area (Å²) in [6.45, 7) is 0. The number of nitrogens with one attached hydrogen (secondary N) is 1. The molecule has 0 spiro atoms. The van der Waals surface area contributed by atoms with Gasteiger partial charge in [0, 0.05) is 19.4 Å². The Hall–Kier alpha value is -3.02. The second-order valence-corrected chi connectivity index (χ2v) is 5.33. The predicted molar refractivity (Wildman–Crippen MR) is 85.3 cm³/mol. The van der Waals surface area contributed by atoms with E-state index in [9.17, 15) is 13.6 Å². The number of hydrogen-bond donors (Lipinski definition) is 1. The molecule has 0 aliphatic carbocycles. The van der Waals surface area contributed by atoms with Crippen molar-refractivity contribution in [1.29, 1.82) is 0 Å². The molecule has 2 aromatic carbocycles. The molecule has 1 aromatic heterocycles. The molecule has 0 aliphatic rings. The third kappa shape index (κ3) is 3.17. The zero-order valence-corrected chi connectivity index (χ0v) is 12.9. The highest BCUT2D eigenvalue weighted by atomic mass is 19.1. The molecule has 122 valence electrons. The fraction of sp³-hybridized carbons (Fsp3) is 0.111. The molecule has 1 N–H and O–H groups in total. The molecule has 4 nitrogen and oxygen atoms in total. The van der Waals surface area contributed by atoms with Crippen LogP contribution in [0.3, 0.4) is 0 Å². The largest absolute Gasteiger partial charge is 0.338 e. The molecular weight excluding hydrogens is 312 g/mol. The Morgan fingerprint density at radius 1 is 1.12 bits per heavy atom. The molecule has 0 aliphatic heterocycles. The van der Waals surface area contributed by atoms with Gasteiger partial charge < -0.3 is 9.88 Å². The molecule has 6 heteroatoms. The highest BCUT2D eigenvalue weighted by Crippen LogP contribution is 2.22. The summed E-state index contributed by atoms with van der Waals surface area (Å²) in [6, 6.07) is 10.9. The first-order valence-electron chi connectivity index (χ1n) is 7.34. The summed E-state index contributed by atoms with van der Waals surface area (Å²) in [6.07, 6.45) is 3.34. The van der Waals surface area contributed by atoms with Gasteiger partial charge in [-0.05, 0) is 29.8 Å². The van der Waals surface area contributed by atoms with Crippen molar-refractivity contribution < 1.29 is 13.6 Å². The Bertz CT molecular complexity index is 859. The lowest BCUT2D eigenvalue weighted by Gasteiger charge is -2.19. The smallest absolute Gasteiger partial charge is 0.255 e. The van der Waals surface area contributed by atoms with Gasteiger partial charge >= 0.3 is 0 Å². The number of carbonyl (C=O) groups is 1. The van der Waals surface area contributed by atoms with E-state index >= 15 is 0 Å². The molecule has 3 aromatic rings. The Kier molecular flexibility index (Phi) is 4.37. The van der Waals surface area contributed by atoms with E-state index < -0.39 is 17.8 Å². The number of benzene rings is 2. The average Bonchev–Trinajstić information content (AvgIpc) is 2.99. The molecule has 0 bridgehead atoms. The van der Waals surface area contributed by atoms with Gasteiger partial charge in [0.2, 0.25) is 0 Å². The van der Waals surface area contributed by atoms with E-state index in [1.165, 1.54) is 30.3 Å². The average molecular weight is 327 g/mol. The number of amides is 1. The van der Waals surface area contributed by atoms with Crippen LogP contribution in [0.4, 0.5) is 8.78 Å². The van der Waals surface area contributed by atoms with Crippen molar-refractivity contribution in [2.24, 2.45) is 7.05 Å². The van der Waals surface area contributed by atoms with Crippen LogP contribution in [0, 0.1) is 11.6 Å². The van der Waals surface area contributed by atoms with E-state index in [0.717, 1.165) is 0 Å². The topological polar surface area (TPSA) is 46.9 Å². The molecule has 0 radical (unpaired) electrons. The van der Waals surface area contributed by atoms with Crippen LogP contribution in [-0.2, 0) is 7.05 Å². The van der Waals surface area contributed by atoms with Crippen LogP contribution in [0.1, 0.15) is 27.8 Å². The van der Waals surface area contributed by atoms with Crippen molar-refractivity contribution in [3.63, 3.8) is 0 Å². The van der Waals surface area contributed by atoms with Gasteiger partial charge in [0.25, 0.3) is 5.91 Å². The third-order valence-electron chi connectivity index (χ3n) is 3.71. The van der Waals surface area contributed by atoms with Gasteiger partial charge in [-0.3, -0.25) is 4.79 Å². The Morgan fingerprint density at radius 3 is 2.46 bits per heavy atom. The first-order chi connectivity index (χ1) is 11.6. The lowest BCUT2D eigenvalue weighted by atomic mass is 10.0. The molecule has 0 saturated carbocycles. The summed E-state index contributed by atoms with van der Waals surface area (Å²) in [5.41, 5.74) is 0.592. The maximum absolute atomic E-state index is 13.8. The van der Waals surface area contributed by atoms with E-state index in [0.29, 0.717) is 11.4 Å². The molecule has 24 heavy (non-hydrogen) atoms. The first-order valence-corrected chi connectivity index (χ1v) is 7.34. The molecule has 1 atom stereocenters. The van der Waals surface area contributed by atoms with Gasteiger partial charge in [-0.15, -0.1) is 0 Å². The highest BCUT2D eigenvalue weighted by Gasteiger charge is 2.22. The van der Waals surface area contributed by atoms with E-state index in [1.54, 1.807) is 42.2 Å². The quantitative estimate of drug-likeness (QED) is 0.800. The summed E-state index contributed by atoms with van der Waals surface area (Å²) in [4.78, 5) is 16.7. The van der Waals surface area contributed by atoms with E-state index in [4.69, 9.17) is 0 Å². The van der Waals surface area contributed by atoms with Crippen molar-refractivity contribution >= 4 is 5.91 Å². The standard InChI is InChI=1S/C18H15F2N3O/c1-23-11-10-21-17(23)16(12-6-8-13(19)9-7-12)22-18(24)14-4-2-3-5-15(14)20/h2-11,16H,1H3,(H,22,24). The van der Waals surface area contributed by atoms with E-state index in [1.807, 2.05) is 0 Å². The summed E-state index contributed by atoms with van der Waals surface area (Å²) in [5, 5.41) is 2.77.